The van der Waals surface area contributed by atoms with Gasteiger partial charge >= 0.3 is 6.01 Å². The van der Waals surface area contributed by atoms with Crippen molar-refractivity contribution >= 4 is 11.7 Å². The Kier molecular flexibility index (Phi) is 3.31. The lowest BCUT2D eigenvalue weighted by Crippen LogP contribution is -2.18. The molecule has 0 aliphatic carbocycles. The van der Waals surface area contributed by atoms with Gasteiger partial charge in [-0.05, 0) is 6.07 Å². The van der Waals surface area contributed by atoms with E-state index < -0.39 is 0 Å². The van der Waals surface area contributed by atoms with Crippen LogP contribution in [0.4, 0.5) is 5.82 Å². The minimum Gasteiger partial charge on any atom is -0.458 e. The number of carbonyl (C=O) groups is 1. The first-order valence-electron chi connectivity index (χ1n) is 5.09. The summed E-state index contributed by atoms with van der Waals surface area (Å²) in [5.74, 6) is 0.269. The van der Waals surface area contributed by atoms with Gasteiger partial charge in [0.1, 0.15) is 11.9 Å². The van der Waals surface area contributed by atoms with Crippen molar-refractivity contribution in [1.82, 2.24) is 9.97 Å². The molecule has 0 aromatic carbocycles. The highest BCUT2D eigenvalue weighted by molar-refractivity contribution is 5.87. The highest BCUT2D eigenvalue weighted by Gasteiger charge is 2.18. The highest BCUT2D eigenvalue weighted by atomic mass is 16.6. The molecule has 1 fully saturated rings. The number of carbonyl (C=O) groups excluding carboxylic acids is 1. The summed E-state index contributed by atoms with van der Waals surface area (Å²) < 4.78 is 10.7. The number of ether oxygens (including phenoxy) is 2. The molecule has 1 aromatic rings. The van der Waals surface area contributed by atoms with E-state index in [0.29, 0.717) is 19.0 Å². The van der Waals surface area contributed by atoms with Crippen LogP contribution in [-0.4, -0.2) is 35.2 Å². The Morgan fingerprint density at radius 3 is 3.25 bits per heavy atom. The van der Waals surface area contributed by atoms with Gasteiger partial charge in [-0.1, -0.05) is 0 Å². The lowest BCUT2D eigenvalue weighted by atomic mass is 10.3. The molecule has 0 bridgehead atoms. The smallest absolute Gasteiger partial charge is 0.318 e. The molecule has 0 spiro atoms. The topological polar surface area (TPSA) is 73.3 Å². The molecule has 2 heterocycles. The van der Waals surface area contributed by atoms with Crippen molar-refractivity contribution in [2.75, 3.05) is 18.5 Å². The summed E-state index contributed by atoms with van der Waals surface area (Å²) >= 11 is 0. The summed E-state index contributed by atoms with van der Waals surface area (Å²) in [5, 5.41) is 2.57. The predicted octanol–water partition coefficient (Wildman–Crippen LogP) is 0.603. The van der Waals surface area contributed by atoms with Crippen LogP contribution in [0.5, 0.6) is 6.01 Å². The zero-order valence-corrected chi connectivity index (χ0v) is 8.97. The molecule has 6 heteroatoms. The highest BCUT2D eigenvalue weighted by Crippen LogP contribution is 2.13. The van der Waals surface area contributed by atoms with Crippen molar-refractivity contribution in [3.63, 3.8) is 0 Å². The van der Waals surface area contributed by atoms with Crippen LogP contribution >= 0.6 is 0 Å². The Bertz CT molecular complexity index is 377. The van der Waals surface area contributed by atoms with E-state index in [1.807, 2.05) is 0 Å². The summed E-state index contributed by atoms with van der Waals surface area (Å²) in [6, 6.07) is 1.88. The molecule has 2 rings (SSSR count). The first kappa shape index (κ1) is 10.8. The first-order valence-corrected chi connectivity index (χ1v) is 5.09. The van der Waals surface area contributed by atoms with Gasteiger partial charge in [-0.25, -0.2) is 4.98 Å². The van der Waals surface area contributed by atoms with Crippen LogP contribution in [0.1, 0.15) is 13.3 Å². The second kappa shape index (κ2) is 4.89. The molecule has 0 saturated carbocycles. The number of hydrogen-bond acceptors (Lipinski definition) is 5. The maximum atomic E-state index is 10.8. The van der Waals surface area contributed by atoms with Crippen molar-refractivity contribution in [2.45, 2.75) is 19.4 Å². The van der Waals surface area contributed by atoms with Crippen molar-refractivity contribution in [3.05, 3.63) is 12.3 Å². The molecule has 16 heavy (non-hydrogen) atoms. The monoisotopic (exact) mass is 223 g/mol. The fourth-order valence-corrected chi connectivity index (χ4v) is 1.40. The van der Waals surface area contributed by atoms with Crippen LogP contribution in [0.3, 0.4) is 0 Å². The van der Waals surface area contributed by atoms with Crippen molar-refractivity contribution in [1.29, 1.82) is 0 Å². The fourth-order valence-electron chi connectivity index (χ4n) is 1.40. The third kappa shape index (κ3) is 2.90. The molecule has 1 aliphatic rings. The maximum absolute atomic E-state index is 10.8. The SMILES string of the molecule is CC(=O)Nc1ccnc(OC2CCOC2)n1. The fraction of sp³-hybridized carbons (Fsp3) is 0.500. The Morgan fingerprint density at radius 2 is 2.56 bits per heavy atom. The molecular formula is C10H13N3O3. The molecule has 1 unspecified atom stereocenters. The predicted molar refractivity (Wildman–Crippen MR) is 56.2 cm³/mol. The van der Waals surface area contributed by atoms with Crippen LogP contribution in [0.2, 0.25) is 0 Å². The van der Waals surface area contributed by atoms with E-state index in [2.05, 4.69) is 15.3 Å². The number of aromatic nitrogens is 2. The van der Waals surface area contributed by atoms with E-state index in [1.165, 1.54) is 6.92 Å². The molecule has 1 N–H and O–H groups in total. The minimum atomic E-state index is -0.172. The summed E-state index contributed by atoms with van der Waals surface area (Å²) in [7, 11) is 0. The zero-order valence-electron chi connectivity index (χ0n) is 8.97. The van der Waals surface area contributed by atoms with E-state index in [-0.39, 0.29) is 18.0 Å². The van der Waals surface area contributed by atoms with E-state index in [9.17, 15) is 4.79 Å². The Morgan fingerprint density at radius 1 is 1.69 bits per heavy atom. The van der Waals surface area contributed by atoms with Gasteiger partial charge in [-0.2, -0.15) is 4.98 Å². The summed E-state index contributed by atoms with van der Waals surface area (Å²) in [5.41, 5.74) is 0. The minimum absolute atomic E-state index is 0.00702. The number of rotatable bonds is 3. The molecule has 1 atom stereocenters. The molecule has 1 amide bonds. The van der Waals surface area contributed by atoms with Gasteiger partial charge in [0, 0.05) is 19.5 Å². The lowest BCUT2D eigenvalue weighted by Gasteiger charge is -2.10. The van der Waals surface area contributed by atoms with Crippen LogP contribution in [0, 0.1) is 0 Å². The van der Waals surface area contributed by atoms with Crippen molar-refractivity contribution in [3.8, 4) is 6.01 Å². The Hall–Kier alpha value is -1.69. The molecule has 1 aromatic heterocycles. The van der Waals surface area contributed by atoms with Crippen LogP contribution in [0.25, 0.3) is 0 Å². The average Bonchev–Trinajstić information content (AvgIpc) is 2.70. The van der Waals surface area contributed by atoms with Gasteiger partial charge in [-0.15, -0.1) is 0 Å². The van der Waals surface area contributed by atoms with E-state index in [0.717, 1.165) is 6.42 Å². The summed E-state index contributed by atoms with van der Waals surface area (Å²) in [6.45, 7) is 2.69. The standard InChI is InChI=1S/C10H13N3O3/c1-7(14)12-9-2-4-11-10(13-9)16-8-3-5-15-6-8/h2,4,8H,3,5-6H2,1H3,(H,11,12,13,14). The van der Waals surface area contributed by atoms with Gasteiger partial charge in [0.05, 0.1) is 13.2 Å². The third-order valence-electron chi connectivity index (χ3n) is 2.10. The van der Waals surface area contributed by atoms with Crippen LogP contribution in [0.15, 0.2) is 12.3 Å². The Labute approximate surface area is 93.0 Å². The van der Waals surface area contributed by atoms with Crippen LogP contribution < -0.4 is 10.1 Å². The molecule has 1 saturated heterocycles. The number of amides is 1. The molecular weight excluding hydrogens is 210 g/mol. The largest absolute Gasteiger partial charge is 0.458 e. The second-order valence-corrected chi connectivity index (χ2v) is 3.51. The van der Waals surface area contributed by atoms with Gasteiger partial charge in [-0.3, -0.25) is 4.79 Å². The number of anilines is 1. The van der Waals surface area contributed by atoms with Gasteiger partial charge in [0.25, 0.3) is 0 Å². The Balaban J connectivity index is 2.00. The molecule has 6 nitrogen and oxygen atoms in total. The quantitative estimate of drug-likeness (QED) is 0.812. The van der Waals surface area contributed by atoms with E-state index in [1.54, 1.807) is 12.3 Å². The third-order valence-corrected chi connectivity index (χ3v) is 2.10. The number of nitrogens with zero attached hydrogens (tertiary/aromatic N) is 2. The second-order valence-electron chi connectivity index (χ2n) is 3.51. The van der Waals surface area contributed by atoms with Gasteiger partial charge < -0.3 is 14.8 Å². The lowest BCUT2D eigenvalue weighted by molar-refractivity contribution is -0.114. The number of hydrogen-bond donors (Lipinski definition) is 1. The molecule has 0 radical (unpaired) electrons. The molecule has 1 aliphatic heterocycles. The first-order chi connectivity index (χ1) is 7.74. The summed E-state index contributed by atoms with van der Waals surface area (Å²) in [6.07, 6.45) is 2.39. The summed E-state index contributed by atoms with van der Waals surface area (Å²) in [4.78, 5) is 18.9. The van der Waals surface area contributed by atoms with E-state index >= 15 is 0 Å². The zero-order chi connectivity index (χ0) is 11.4. The van der Waals surface area contributed by atoms with Crippen molar-refractivity contribution < 1.29 is 14.3 Å². The molecule has 86 valence electrons. The normalized spacial score (nSPS) is 19.4. The number of nitrogens with one attached hydrogen (secondary N) is 1. The van der Waals surface area contributed by atoms with Crippen LogP contribution in [-0.2, 0) is 9.53 Å². The van der Waals surface area contributed by atoms with Crippen molar-refractivity contribution in [2.24, 2.45) is 0 Å². The average molecular weight is 223 g/mol. The van der Waals surface area contributed by atoms with Gasteiger partial charge in [0.2, 0.25) is 5.91 Å². The van der Waals surface area contributed by atoms with Gasteiger partial charge in [0.15, 0.2) is 0 Å². The maximum Gasteiger partial charge on any atom is 0.318 e. The van der Waals surface area contributed by atoms with E-state index in [4.69, 9.17) is 9.47 Å².